The lowest BCUT2D eigenvalue weighted by molar-refractivity contribution is 0.391. The van der Waals surface area contributed by atoms with E-state index in [0.717, 1.165) is 22.3 Å². The zero-order valence-electron chi connectivity index (χ0n) is 17.3. The van der Waals surface area contributed by atoms with Crippen LogP contribution in [-0.2, 0) is 6.54 Å². The fourth-order valence-corrected chi connectivity index (χ4v) is 2.97. The summed E-state index contributed by atoms with van der Waals surface area (Å²) in [5.41, 5.74) is 10.9. The van der Waals surface area contributed by atoms with Crippen LogP contribution in [0, 0.1) is 6.92 Å². The first kappa shape index (κ1) is 20.6. The average molecular weight is 418 g/mol. The van der Waals surface area contributed by atoms with Crippen LogP contribution in [-0.4, -0.2) is 32.9 Å². The zero-order valence-corrected chi connectivity index (χ0v) is 17.3. The van der Waals surface area contributed by atoms with E-state index in [2.05, 4.69) is 25.5 Å². The molecule has 158 valence electrons. The van der Waals surface area contributed by atoms with Crippen molar-refractivity contribution in [2.24, 2.45) is 0 Å². The molecule has 0 saturated heterocycles. The van der Waals surface area contributed by atoms with E-state index in [9.17, 15) is 4.39 Å². The smallest absolute Gasteiger partial charge is 0.270 e. The summed E-state index contributed by atoms with van der Waals surface area (Å²) in [6.45, 7) is 4.01. The van der Waals surface area contributed by atoms with Gasteiger partial charge in [0.05, 0.1) is 11.9 Å². The van der Waals surface area contributed by atoms with Gasteiger partial charge in [0.25, 0.3) is 5.89 Å². The van der Waals surface area contributed by atoms with E-state index < -0.39 is 6.67 Å². The number of aryl methyl sites for hydroxylation is 1. The molecule has 0 aliphatic heterocycles. The lowest BCUT2D eigenvalue weighted by atomic mass is 10.1. The lowest BCUT2D eigenvalue weighted by Crippen LogP contribution is -2.27. The summed E-state index contributed by atoms with van der Waals surface area (Å²) in [7, 11) is 0. The lowest BCUT2D eigenvalue weighted by Gasteiger charge is -2.09. The van der Waals surface area contributed by atoms with Gasteiger partial charge in [-0.3, -0.25) is 0 Å². The minimum absolute atomic E-state index is 0.180. The molecule has 4 aromatic rings. The van der Waals surface area contributed by atoms with Crippen molar-refractivity contribution in [2.45, 2.75) is 26.4 Å². The fourth-order valence-electron chi connectivity index (χ4n) is 2.97. The molecule has 0 bridgehead atoms. The van der Waals surface area contributed by atoms with E-state index in [1.165, 1.54) is 0 Å². The highest BCUT2D eigenvalue weighted by molar-refractivity contribution is 5.68. The molecule has 0 aliphatic rings. The van der Waals surface area contributed by atoms with Gasteiger partial charge in [-0.2, -0.15) is 0 Å². The molecule has 3 N–H and O–H groups in total. The predicted octanol–water partition coefficient (Wildman–Crippen LogP) is 4.20. The SMILES string of the molecule is Cc1ccc(-c2cnc(N)c(-c3nnc(-c4ccc(CNC(C)CF)cc4)o3)n2)cc1. The molecular formula is C23H23FN6O. The summed E-state index contributed by atoms with van der Waals surface area (Å²) in [5, 5.41) is 11.3. The van der Waals surface area contributed by atoms with Crippen LogP contribution in [0.1, 0.15) is 18.1 Å². The highest BCUT2D eigenvalue weighted by Crippen LogP contribution is 2.28. The molecule has 0 amide bonds. The molecule has 31 heavy (non-hydrogen) atoms. The number of anilines is 1. The molecule has 4 rings (SSSR count). The normalized spacial score (nSPS) is 12.1. The molecule has 0 saturated carbocycles. The number of hydrogen-bond donors (Lipinski definition) is 2. The standard InChI is InChI=1S/C23H23FN6O/c1-14-3-7-17(8-4-14)19-13-27-21(25)20(28-19)23-30-29-22(31-23)18-9-5-16(6-10-18)12-26-15(2)11-24/h3-10,13,15,26H,11-12H2,1-2H3,(H2,25,27). The van der Waals surface area contributed by atoms with Crippen molar-refractivity contribution in [1.29, 1.82) is 0 Å². The van der Waals surface area contributed by atoms with Crippen LogP contribution in [0.15, 0.2) is 59.1 Å². The van der Waals surface area contributed by atoms with Gasteiger partial charge < -0.3 is 15.5 Å². The first-order valence-corrected chi connectivity index (χ1v) is 9.95. The number of benzene rings is 2. The van der Waals surface area contributed by atoms with E-state index in [0.29, 0.717) is 23.8 Å². The van der Waals surface area contributed by atoms with Crippen LogP contribution in [0.4, 0.5) is 10.2 Å². The quantitative estimate of drug-likeness (QED) is 0.464. The minimum Gasteiger partial charge on any atom is -0.414 e. The highest BCUT2D eigenvalue weighted by atomic mass is 19.1. The summed E-state index contributed by atoms with van der Waals surface area (Å²) < 4.78 is 18.4. The van der Waals surface area contributed by atoms with Crippen LogP contribution in [0.5, 0.6) is 0 Å². The van der Waals surface area contributed by atoms with Crippen molar-refractivity contribution in [3.05, 3.63) is 65.9 Å². The second kappa shape index (κ2) is 9.01. The first-order chi connectivity index (χ1) is 15.0. The molecule has 8 heteroatoms. The molecular weight excluding hydrogens is 395 g/mol. The van der Waals surface area contributed by atoms with Gasteiger partial charge in [-0.05, 0) is 31.5 Å². The Hall–Kier alpha value is -3.65. The van der Waals surface area contributed by atoms with Crippen LogP contribution < -0.4 is 11.1 Å². The number of nitrogen functional groups attached to an aromatic ring is 1. The maximum Gasteiger partial charge on any atom is 0.270 e. The van der Waals surface area contributed by atoms with E-state index >= 15 is 0 Å². The van der Waals surface area contributed by atoms with Gasteiger partial charge in [0.2, 0.25) is 5.89 Å². The summed E-state index contributed by atoms with van der Waals surface area (Å²) in [5.74, 6) is 0.777. The van der Waals surface area contributed by atoms with Crippen LogP contribution >= 0.6 is 0 Å². The zero-order chi connectivity index (χ0) is 21.8. The number of alkyl halides is 1. The Morgan fingerprint density at radius 3 is 2.39 bits per heavy atom. The van der Waals surface area contributed by atoms with E-state index in [4.69, 9.17) is 10.2 Å². The largest absolute Gasteiger partial charge is 0.414 e. The van der Waals surface area contributed by atoms with Crippen LogP contribution in [0.3, 0.4) is 0 Å². The number of nitrogens with one attached hydrogen (secondary N) is 1. The molecule has 1 unspecified atom stereocenters. The van der Waals surface area contributed by atoms with E-state index in [-0.39, 0.29) is 17.8 Å². The monoisotopic (exact) mass is 418 g/mol. The Morgan fingerprint density at radius 2 is 1.68 bits per heavy atom. The Labute approximate surface area is 179 Å². The summed E-state index contributed by atoms with van der Waals surface area (Å²) in [4.78, 5) is 8.83. The van der Waals surface area contributed by atoms with Crippen molar-refractivity contribution < 1.29 is 8.81 Å². The number of aromatic nitrogens is 4. The van der Waals surface area contributed by atoms with Crippen molar-refractivity contribution in [3.63, 3.8) is 0 Å². The van der Waals surface area contributed by atoms with Crippen molar-refractivity contribution in [3.8, 4) is 34.3 Å². The Morgan fingerprint density at radius 1 is 1.00 bits per heavy atom. The maximum atomic E-state index is 12.6. The number of nitrogens with two attached hydrogens (primary N) is 1. The van der Waals surface area contributed by atoms with Gasteiger partial charge in [-0.1, -0.05) is 42.0 Å². The number of hydrogen-bond acceptors (Lipinski definition) is 7. The minimum atomic E-state index is -0.403. The number of rotatable bonds is 7. The summed E-state index contributed by atoms with van der Waals surface area (Å²) in [6, 6.07) is 15.4. The van der Waals surface area contributed by atoms with Crippen molar-refractivity contribution in [2.75, 3.05) is 12.4 Å². The van der Waals surface area contributed by atoms with Gasteiger partial charge in [-0.15, -0.1) is 10.2 Å². The molecule has 7 nitrogen and oxygen atoms in total. The van der Waals surface area contributed by atoms with E-state index in [1.54, 1.807) is 13.1 Å². The average Bonchev–Trinajstić information content (AvgIpc) is 3.29. The Kier molecular flexibility index (Phi) is 5.99. The third kappa shape index (κ3) is 4.75. The van der Waals surface area contributed by atoms with Gasteiger partial charge in [0.15, 0.2) is 11.5 Å². The van der Waals surface area contributed by atoms with E-state index in [1.807, 2.05) is 55.5 Å². The Bertz CT molecular complexity index is 1160. The molecule has 0 fully saturated rings. The molecule has 1 atom stereocenters. The predicted molar refractivity (Wildman–Crippen MR) is 118 cm³/mol. The molecule has 0 radical (unpaired) electrons. The van der Waals surface area contributed by atoms with Crippen molar-refractivity contribution in [1.82, 2.24) is 25.5 Å². The van der Waals surface area contributed by atoms with Gasteiger partial charge in [0, 0.05) is 23.7 Å². The molecule has 2 aromatic heterocycles. The number of nitrogens with zero attached hydrogens (tertiary/aromatic N) is 4. The maximum absolute atomic E-state index is 12.6. The van der Waals surface area contributed by atoms with Crippen molar-refractivity contribution >= 4 is 5.82 Å². The second-order valence-electron chi connectivity index (χ2n) is 7.40. The molecule has 2 heterocycles. The fraction of sp³-hybridized carbons (Fsp3) is 0.217. The highest BCUT2D eigenvalue weighted by Gasteiger charge is 2.17. The summed E-state index contributed by atoms with van der Waals surface area (Å²) in [6.07, 6.45) is 1.62. The summed E-state index contributed by atoms with van der Waals surface area (Å²) >= 11 is 0. The van der Waals surface area contributed by atoms with Crippen LogP contribution in [0.2, 0.25) is 0 Å². The third-order valence-corrected chi connectivity index (χ3v) is 4.86. The number of halogens is 1. The van der Waals surface area contributed by atoms with Gasteiger partial charge in [-0.25, -0.2) is 14.4 Å². The first-order valence-electron chi connectivity index (χ1n) is 9.95. The van der Waals surface area contributed by atoms with Gasteiger partial charge in [0.1, 0.15) is 6.67 Å². The third-order valence-electron chi connectivity index (χ3n) is 4.86. The Balaban J connectivity index is 1.56. The van der Waals surface area contributed by atoms with Crippen LogP contribution in [0.25, 0.3) is 34.3 Å². The second-order valence-corrected chi connectivity index (χ2v) is 7.40. The topological polar surface area (TPSA) is 103 Å². The molecule has 2 aromatic carbocycles. The molecule has 0 spiro atoms. The van der Waals surface area contributed by atoms with Gasteiger partial charge >= 0.3 is 0 Å². The molecule has 0 aliphatic carbocycles.